The summed E-state index contributed by atoms with van der Waals surface area (Å²) in [4.78, 5) is 59.9. The standard InChI is InChI=1S/C23H25ClN8O6S4/c24-18-14(30-23(26)42-18)15(31-38)19(34)29-16-20(35)32-17(22(36)37)12(9-40-21(16)32)41-11-2-4-27-10(6-11)8-39-5-1-3-28-13(33)7-25/h2,4,6,16,21,38H,1,3,5,7-9,25H2,(H2,26,30)(H,28,33)(H,29,34)(H,36,37)/b31-15-/t16-,21+/m1/s1. The first-order chi connectivity index (χ1) is 20.1. The molecule has 2 atom stereocenters. The van der Waals surface area contributed by atoms with E-state index in [2.05, 4.69) is 25.8 Å². The number of amides is 3. The Hall–Kier alpha value is -3.03. The van der Waals surface area contributed by atoms with Crippen LogP contribution in [0.3, 0.4) is 0 Å². The van der Waals surface area contributed by atoms with Crippen molar-refractivity contribution in [2.75, 3.05) is 30.3 Å². The van der Waals surface area contributed by atoms with Crippen molar-refractivity contribution in [3.8, 4) is 0 Å². The molecule has 0 aliphatic carbocycles. The van der Waals surface area contributed by atoms with Crippen LogP contribution in [0.2, 0.25) is 4.34 Å². The molecule has 224 valence electrons. The lowest BCUT2D eigenvalue weighted by Gasteiger charge is -2.49. The molecule has 4 rings (SSSR count). The second kappa shape index (κ2) is 14.4. The molecule has 0 saturated carbocycles. The Balaban J connectivity index is 1.39. The predicted octanol–water partition coefficient (Wildman–Crippen LogP) is 1.14. The Morgan fingerprint density at radius 3 is 2.79 bits per heavy atom. The summed E-state index contributed by atoms with van der Waals surface area (Å²) < 4.78 is 0.0352. The van der Waals surface area contributed by atoms with Gasteiger partial charge in [-0.1, -0.05) is 39.9 Å². The average Bonchev–Trinajstić information content (AvgIpc) is 3.30. The highest BCUT2D eigenvalue weighted by Crippen LogP contribution is 2.45. The largest absolute Gasteiger partial charge is 0.477 e. The van der Waals surface area contributed by atoms with Gasteiger partial charge < -0.3 is 32.4 Å². The maximum absolute atomic E-state index is 13.1. The van der Waals surface area contributed by atoms with Crippen molar-refractivity contribution in [2.45, 2.75) is 28.5 Å². The van der Waals surface area contributed by atoms with Crippen LogP contribution in [0.15, 0.2) is 39.0 Å². The second-order valence-electron chi connectivity index (χ2n) is 8.61. The number of hydrogen-bond donors (Lipinski definition) is 6. The molecule has 2 aliphatic heterocycles. The number of pyridine rings is 1. The zero-order valence-electron chi connectivity index (χ0n) is 21.6. The molecule has 8 N–H and O–H groups in total. The topological polar surface area (TPSA) is 226 Å². The Kier molecular flexibility index (Phi) is 11.0. The Morgan fingerprint density at radius 1 is 1.33 bits per heavy atom. The van der Waals surface area contributed by atoms with Crippen LogP contribution in [0.1, 0.15) is 17.8 Å². The van der Waals surface area contributed by atoms with Crippen molar-refractivity contribution in [1.29, 1.82) is 0 Å². The van der Waals surface area contributed by atoms with E-state index >= 15 is 0 Å². The van der Waals surface area contributed by atoms with Gasteiger partial charge in [0, 0.05) is 34.0 Å². The van der Waals surface area contributed by atoms with Gasteiger partial charge in [-0.25, -0.2) is 9.78 Å². The molecule has 0 bridgehead atoms. The fraction of sp³-hybridized carbons (Fsp3) is 0.348. The third kappa shape index (κ3) is 7.30. The molecule has 1 saturated heterocycles. The second-order valence-corrected chi connectivity index (χ2v) is 13.6. The van der Waals surface area contributed by atoms with Crippen LogP contribution in [0, 0.1) is 0 Å². The van der Waals surface area contributed by atoms with Gasteiger partial charge in [-0.15, -0.1) is 11.8 Å². The van der Waals surface area contributed by atoms with Crippen LogP contribution in [-0.2, 0) is 24.9 Å². The molecule has 1 fully saturated rings. The summed E-state index contributed by atoms with van der Waals surface area (Å²) in [6.07, 6.45) is 2.42. The van der Waals surface area contributed by atoms with Gasteiger partial charge in [-0.05, 0) is 24.3 Å². The molecule has 0 unspecified atom stereocenters. The van der Waals surface area contributed by atoms with Crippen molar-refractivity contribution in [3.63, 3.8) is 0 Å². The minimum absolute atomic E-state index is 0.0352. The van der Waals surface area contributed by atoms with Crippen LogP contribution >= 0.6 is 58.2 Å². The molecular formula is C23H25ClN8O6S4. The van der Waals surface area contributed by atoms with Gasteiger partial charge in [0.25, 0.3) is 11.8 Å². The van der Waals surface area contributed by atoms with Crippen molar-refractivity contribution in [1.82, 2.24) is 25.5 Å². The Bertz CT molecular complexity index is 1450. The van der Waals surface area contributed by atoms with E-state index in [1.54, 1.807) is 24.0 Å². The number of thioether (sulfide) groups is 3. The van der Waals surface area contributed by atoms with E-state index in [0.29, 0.717) is 17.2 Å². The molecule has 14 nitrogen and oxygen atoms in total. The summed E-state index contributed by atoms with van der Waals surface area (Å²) >= 11 is 11.1. The summed E-state index contributed by atoms with van der Waals surface area (Å²) in [7, 11) is 0. The number of nitrogens with zero attached hydrogens (tertiary/aromatic N) is 4. The minimum Gasteiger partial charge on any atom is -0.477 e. The number of hydrogen-bond acceptors (Lipinski definition) is 14. The molecule has 19 heteroatoms. The number of rotatable bonds is 13. The molecular weight excluding hydrogens is 648 g/mol. The van der Waals surface area contributed by atoms with Crippen molar-refractivity contribution < 1.29 is 29.5 Å². The number of aliphatic carboxylic acids is 1. The smallest absolute Gasteiger partial charge is 0.353 e. The first kappa shape index (κ1) is 31.9. The van der Waals surface area contributed by atoms with Gasteiger partial charge in [0.1, 0.15) is 27.1 Å². The lowest BCUT2D eigenvalue weighted by atomic mass is 10.0. The minimum atomic E-state index is -1.27. The fourth-order valence-corrected chi connectivity index (χ4v) is 8.25. The number of oxime groups is 1. The molecule has 2 aromatic heterocycles. The maximum atomic E-state index is 13.1. The lowest BCUT2D eigenvalue weighted by molar-refractivity contribution is -0.150. The summed E-state index contributed by atoms with van der Waals surface area (Å²) in [5.41, 5.74) is 10.9. The van der Waals surface area contributed by atoms with Crippen molar-refractivity contribution >= 4 is 92.8 Å². The number of carboxylic acid groups (broad SMARTS) is 1. The number of halogens is 1. The predicted molar refractivity (Wildman–Crippen MR) is 162 cm³/mol. The maximum Gasteiger partial charge on any atom is 0.353 e. The van der Waals surface area contributed by atoms with Crippen LogP contribution in [-0.4, -0.2) is 90.6 Å². The average molecular weight is 673 g/mol. The normalized spacial score (nSPS) is 18.4. The van der Waals surface area contributed by atoms with E-state index in [0.717, 1.165) is 39.0 Å². The fourth-order valence-electron chi connectivity index (χ4n) is 3.93. The number of β-lactam (4-membered cyclic amide) rings is 1. The molecule has 4 heterocycles. The number of carboxylic acids is 1. The highest BCUT2D eigenvalue weighted by molar-refractivity contribution is 8.06. The number of carbonyl (C=O) groups is 4. The van der Waals surface area contributed by atoms with Gasteiger partial charge in [-0.3, -0.25) is 24.3 Å². The van der Waals surface area contributed by atoms with Gasteiger partial charge in [0.15, 0.2) is 10.8 Å². The lowest BCUT2D eigenvalue weighted by Crippen LogP contribution is -2.71. The summed E-state index contributed by atoms with van der Waals surface area (Å²) in [6.45, 7) is 0.507. The molecule has 0 radical (unpaired) electrons. The zero-order valence-corrected chi connectivity index (χ0v) is 25.6. The third-order valence-electron chi connectivity index (χ3n) is 5.82. The number of aromatic nitrogens is 2. The number of carbonyl (C=O) groups excluding carboxylic acids is 3. The van der Waals surface area contributed by atoms with Crippen LogP contribution in [0.4, 0.5) is 5.13 Å². The highest BCUT2D eigenvalue weighted by Gasteiger charge is 2.54. The van der Waals surface area contributed by atoms with Gasteiger partial charge in [0.2, 0.25) is 5.91 Å². The SMILES string of the molecule is NCC(=O)NCCCSCc1cc(SC2=C(C(=O)O)N3C(=O)[C@@H](NC(=O)/C(=N\O)c4nc(N)sc4Cl)[C@@H]3SC2)ccn1. The number of thiazole rings is 1. The van der Waals surface area contributed by atoms with E-state index in [9.17, 15) is 29.5 Å². The highest BCUT2D eigenvalue weighted by atomic mass is 35.5. The summed E-state index contributed by atoms with van der Waals surface area (Å²) in [5.74, 6) is -1.27. The summed E-state index contributed by atoms with van der Waals surface area (Å²) in [6, 6.07) is 2.57. The monoisotopic (exact) mass is 672 g/mol. The number of nitrogens with two attached hydrogens (primary N) is 2. The number of anilines is 1. The quantitative estimate of drug-likeness (QED) is 0.0578. The van der Waals surface area contributed by atoms with Gasteiger partial charge >= 0.3 is 5.97 Å². The van der Waals surface area contributed by atoms with Gasteiger partial charge in [-0.2, -0.15) is 11.8 Å². The molecule has 3 amide bonds. The molecule has 42 heavy (non-hydrogen) atoms. The zero-order chi connectivity index (χ0) is 30.4. The van der Waals surface area contributed by atoms with Crippen LogP contribution in [0.25, 0.3) is 0 Å². The van der Waals surface area contributed by atoms with E-state index < -0.39 is 34.9 Å². The Morgan fingerprint density at radius 2 is 2.12 bits per heavy atom. The van der Waals surface area contributed by atoms with Gasteiger partial charge in [0.05, 0.1) is 12.2 Å². The van der Waals surface area contributed by atoms with Crippen molar-refractivity contribution in [3.05, 3.63) is 44.7 Å². The number of fused-ring (bicyclic) bond motifs is 1. The van der Waals surface area contributed by atoms with E-state index in [1.807, 2.05) is 6.07 Å². The Labute approximate surface area is 261 Å². The molecule has 0 spiro atoms. The van der Waals surface area contributed by atoms with E-state index in [-0.39, 0.29) is 39.1 Å². The number of nitrogen functional groups attached to an aromatic ring is 1. The number of nitrogens with one attached hydrogen (secondary N) is 2. The first-order valence-electron chi connectivity index (χ1n) is 12.2. The van der Waals surface area contributed by atoms with Crippen molar-refractivity contribution in [2.24, 2.45) is 10.9 Å². The van der Waals surface area contributed by atoms with E-state index in [1.165, 1.54) is 23.5 Å². The van der Waals surface area contributed by atoms with E-state index in [4.69, 9.17) is 23.1 Å². The van der Waals surface area contributed by atoms with Crippen LogP contribution in [0.5, 0.6) is 0 Å². The summed E-state index contributed by atoms with van der Waals surface area (Å²) in [5, 5.41) is 26.9. The third-order valence-corrected chi connectivity index (χ3v) is 10.5. The molecule has 2 aliphatic rings. The first-order valence-corrected chi connectivity index (χ1v) is 16.4. The van der Waals surface area contributed by atoms with Crippen LogP contribution < -0.4 is 22.1 Å². The molecule has 0 aromatic carbocycles. The molecule has 2 aromatic rings.